The number of nitrogens with zero attached hydrogens (tertiary/aromatic N) is 2. The van der Waals surface area contributed by atoms with Crippen molar-refractivity contribution in [1.29, 1.82) is 0 Å². The number of benzene rings is 1. The highest BCUT2D eigenvalue weighted by Crippen LogP contribution is 2.54. The van der Waals surface area contributed by atoms with E-state index < -0.39 is 0 Å². The summed E-state index contributed by atoms with van der Waals surface area (Å²) < 4.78 is 4.76. The number of rotatable bonds is 4. The van der Waals surface area contributed by atoms with Gasteiger partial charge in [-0.15, -0.1) is 11.3 Å². The second-order valence-electron chi connectivity index (χ2n) is 5.93. The molecule has 0 atom stereocenters. The van der Waals surface area contributed by atoms with Gasteiger partial charge in [0.2, 0.25) is 0 Å². The summed E-state index contributed by atoms with van der Waals surface area (Å²) in [5.41, 5.74) is 3.80. The van der Waals surface area contributed by atoms with Gasteiger partial charge in [0.1, 0.15) is 5.01 Å². The molecular weight excluding hydrogens is 320 g/mol. The summed E-state index contributed by atoms with van der Waals surface area (Å²) in [5, 5.41) is 3.22. The minimum Gasteiger partial charge on any atom is -0.465 e. The van der Waals surface area contributed by atoms with Crippen LogP contribution < -0.4 is 0 Å². The van der Waals surface area contributed by atoms with Crippen LogP contribution in [0.3, 0.4) is 0 Å². The van der Waals surface area contributed by atoms with Crippen molar-refractivity contribution >= 4 is 17.3 Å². The molecule has 5 heteroatoms. The normalized spacial score (nSPS) is 15.0. The molecule has 4 rings (SSSR count). The van der Waals surface area contributed by atoms with Crippen molar-refractivity contribution in [2.24, 2.45) is 0 Å². The Morgan fingerprint density at radius 2 is 2.00 bits per heavy atom. The number of ether oxygens (including phenoxy) is 1. The van der Waals surface area contributed by atoms with Crippen LogP contribution in [0.4, 0.5) is 0 Å². The lowest BCUT2D eigenvalue weighted by Crippen LogP contribution is -2.09. The summed E-state index contributed by atoms with van der Waals surface area (Å²) in [5.74, 6) is -0.306. The summed E-state index contributed by atoms with van der Waals surface area (Å²) in [6.45, 7) is 0. The molecule has 120 valence electrons. The first kappa shape index (κ1) is 15.0. The summed E-state index contributed by atoms with van der Waals surface area (Å²) in [4.78, 5) is 20.6. The molecule has 0 radical (unpaired) electrons. The molecule has 0 aliphatic heterocycles. The van der Waals surface area contributed by atoms with Crippen LogP contribution >= 0.6 is 11.3 Å². The molecule has 0 spiro atoms. The van der Waals surface area contributed by atoms with Gasteiger partial charge in [0.15, 0.2) is 0 Å². The van der Waals surface area contributed by atoms with Crippen LogP contribution in [0.2, 0.25) is 0 Å². The molecule has 0 saturated heterocycles. The van der Waals surface area contributed by atoms with E-state index in [1.54, 1.807) is 17.5 Å². The Balaban J connectivity index is 1.64. The number of carbonyl (C=O) groups excluding carboxylic acids is 1. The number of methoxy groups -OCH3 is 1. The van der Waals surface area contributed by atoms with E-state index >= 15 is 0 Å². The van der Waals surface area contributed by atoms with Crippen LogP contribution in [-0.4, -0.2) is 23.0 Å². The van der Waals surface area contributed by atoms with E-state index in [9.17, 15) is 4.79 Å². The second kappa shape index (κ2) is 5.83. The quantitative estimate of drug-likeness (QED) is 0.674. The zero-order chi connectivity index (χ0) is 16.6. The maximum Gasteiger partial charge on any atom is 0.337 e. The molecule has 2 heterocycles. The van der Waals surface area contributed by atoms with Gasteiger partial charge in [-0.25, -0.2) is 9.78 Å². The predicted octanol–water partition coefficient (Wildman–Crippen LogP) is 4.07. The highest BCUT2D eigenvalue weighted by molar-refractivity contribution is 7.10. The Labute approximate surface area is 144 Å². The Hall–Kier alpha value is -2.53. The Morgan fingerprint density at radius 1 is 1.21 bits per heavy atom. The van der Waals surface area contributed by atoms with Crippen LogP contribution in [0.5, 0.6) is 0 Å². The van der Waals surface area contributed by atoms with E-state index in [1.165, 1.54) is 12.7 Å². The lowest BCUT2D eigenvalue weighted by Gasteiger charge is -2.13. The average molecular weight is 336 g/mol. The average Bonchev–Trinajstić information content (AvgIpc) is 3.31. The van der Waals surface area contributed by atoms with Gasteiger partial charge in [0, 0.05) is 28.8 Å². The van der Waals surface area contributed by atoms with E-state index in [2.05, 4.69) is 10.4 Å². The Bertz CT molecular complexity index is 868. The molecule has 0 N–H and O–H groups in total. The van der Waals surface area contributed by atoms with Crippen molar-refractivity contribution in [1.82, 2.24) is 9.97 Å². The van der Waals surface area contributed by atoms with Crippen molar-refractivity contribution < 1.29 is 9.53 Å². The van der Waals surface area contributed by atoms with E-state index in [4.69, 9.17) is 9.72 Å². The molecule has 0 unspecified atom stereocenters. The van der Waals surface area contributed by atoms with E-state index in [0.717, 1.165) is 29.1 Å². The standard InChI is InChI=1S/C19H16N2O2S/c1-23-17(22)13-4-6-15(7-5-13)19(8-9-19)18-21-16(12-24-18)14-3-2-10-20-11-14/h2-7,10-12H,8-9H2,1H3. The zero-order valence-electron chi connectivity index (χ0n) is 13.2. The van der Waals surface area contributed by atoms with Gasteiger partial charge >= 0.3 is 5.97 Å². The summed E-state index contributed by atoms with van der Waals surface area (Å²) >= 11 is 1.69. The molecule has 1 aliphatic rings. The van der Waals surface area contributed by atoms with Crippen molar-refractivity contribution in [2.45, 2.75) is 18.3 Å². The third kappa shape index (κ3) is 2.51. The van der Waals surface area contributed by atoms with E-state index in [1.807, 2.05) is 42.6 Å². The van der Waals surface area contributed by atoms with Gasteiger partial charge in [0.05, 0.1) is 18.4 Å². The summed E-state index contributed by atoms with van der Waals surface area (Å²) in [6.07, 6.45) is 5.78. The number of esters is 1. The van der Waals surface area contributed by atoms with Crippen LogP contribution in [-0.2, 0) is 10.2 Å². The number of hydrogen-bond acceptors (Lipinski definition) is 5. The maximum absolute atomic E-state index is 11.6. The van der Waals surface area contributed by atoms with Crippen LogP contribution in [0.1, 0.15) is 33.8 Å². The van der Waals surface area contributed by atoms with Crippen LogP contribution in [0.15, 0.2) is 54.2 Å². The molecule has 1 aromatic carbocycles. The largest absolute Gasteiger partial charge is 0.465 e. The fourth-order valence-corrected chi connectivity index (χ4v) is 4.05. The SMILES string of the molecule is COC(=O)c1ccc(C2(c3nc(-c4cccnc4)cs3)CC2)cc1. The molecule has 0 bridgehead atoms. The number of thiazole rings is 1. The summed E-state index contributed by atoms with van der Waals surface area (Å²) in [6, 6.07) is 11.6. The number of pyridine rings is 1. The smallest absolute Gasteiger partial charge is 0.337 e. The molecule has 3 aromatic rings. The first-order valence-corrected chi connectivity index (χ1v) is 8.66. The number of carbonyl (C=O) groups is 1. The lowest BCUT2D eigenvalue weighted by atomic mass is 9.95. The highest BCUT2D eigenvalue weighted by atomic mass is 32.1. The first-order chi connectivity index (χ1) is 11.7. The molecule has 1 saturated carbocycles. The van der Waals surface area contributed by atoms with Crippen molar-refractivity contribution in [3.05, 3.63) is 70.3 Å². The molecule has 0 amide bonds. The van der Waals surface area contributed by atoms with Gasteiger partial charge in [-0.2, -0.15) is 0 Å². The number of aromatic nitrogens is 2. The van der Waals surface area contributed by atoms with Gasteiger partial charge in [-0.1, -0.05) is 12.1 Å². The second-order valence-corrected chi connectivity index (χ2v) is 6.79. The Morgan fingerprint density at radius 3 is 2.62 bits per heavy atom. The zero-order valence-corrected chi connectivity index (χ0v) is 14.0. The summed E-state index contributed by atoms with van der Waals surface area (Å²) in [7, 11) is 1.40. The van der Waals surface area contributed by atoms with Gasteiger partial charge in [-0.05, 0) is 42.7 Å². The molecule has 1 fully saturated rings. The fraction of sp³-hybridized carbons (Fsp3) is 0.211. The van der Waals surface area contributed by atoms with Gasteiger partial charge < -0.3 is 4.74 Å². The highest BCUT2D eigenvalue weighted by Gasteiger charge is 2.48. The molecular formula is C19H16N2O2S. The maximum atomic E-state index is 11.6. The lowest BCUT2D eigenvalue weighted by molar-refractivity contribution is 0.0600. The van der Waals surface area contributed by atoms with Gasteiger partial charge in [-0.3, -0.25) is 4.98 Å². The minimum absolute atomic E-state index is 0.000223. The number of hydrogen-bond donors (Lipinski definition) is 0. The minimum atomic E-state index is -0.306. The molecule has 4 nitrogen and oxygen atoms in total. The van der Waals surface area contributed by atoms with Crippen molar-refractivity contribution in [3.63, 3.8) is 0 Å². The monoisotopic (exact) mass is 336 g/mol. The van der Waals surface area contributed by atoms with Crippen molar-refractivity contribution in [3.8, 4) is 11.3 Å². The fourth-order valence-electron chi connectivity index (χ4n) is 2.93. The van der Waals surface area contributed by atoms with E-state index in [0.29, 0.717) is 5.56 Å². The van der Waals surface area contributed by atoms with Crippen molar-refractivity contribution in [2.75, 3.05) is 7.11 Å². The Kier molecular flexibility index (Phi) is 3.65. The topological polar surface area (TPSA) is 52.1 Å². The van der Waals surface area contributed by atoms with Crippen LogP contribution in [0, 0.1) is 0 Å². The third-order valence-electron chi connectivity index (χ3n) is 4.48. The first-order valence-electron chi connectivity index (χ1n) is 7.78. The molecule has 1 aliphatic carbocycles. The third-order valence-corrected chi connectivity index (χ3v) is 5.53. The molecule has 24 heavy (non-hydrogen) atoms. The molecule has 2 aromatic heterocycles. The van der Waals surface area contributed by atoms with Gasteiger partial charge in [0.25, 0.3) is 0 Å². The van der Waals surface area contributed by atoms with Crippen LogP contribution in [0.25, 0.3) is 11.3 Å². The van der Waals surface area contributed by atoms with E-state index in [-0.39, 0.29) is 11.4 Å². The predicted molar refractivity (Wildman–Crippen MR) is 93.1 cm³/mol.